The molecular weight excluding hydrogens is 239 g/mol. The van der Waals surface area contributed by atoms with E-state index in [2.05, 4.69) is 4.98 Å². The smallest absolute Gasteiger partial charge is 0.259 e. The molecule has 76 valence electrons. The Bertz CT molecular complexity index is 447. The Balaban J connectivity index is 2.46. The maximum absolute atomic E-state index is 11.3. The standard InChI is InChI=1S/C9H4Cl2N2O2/c10-5-3-6(11)12-7(4-5)13-8(14)1-2-9(13)15/h1-4H. The highest BCUT2D eigenvalue weighted by molar-refractivity contribution is 6.35. The van der Waals surface area contributed by atoms with Gasteiger partial charge in [-0.3, -0.25) is 9.59 Å². The average molecular weight is 243 g/mol. The van der Waals surface area contributed by atoms with Gasteiger partial charge in [0.15, 0.2) is 0 Å². The Labute approximate surface area is 95.1 Å². The summed E-state index contributed by atoms with van der Waals surface area (Å²) in [7, 11) is 0. The highest BCUT2D eigenvalue weighted by Gasteiger charge is 2.26. The second-order valence-electron chi connectivity index (χ2n) is 2.81. The number of halogens is 2. The van der Waals surface area contributed by atoms with Crippen molar-refractivity contribution in [3.8, 4) is 0 Å². The fourth-order valence-electron chi connectivity index (χ4n) is 1.19. The molecular formula is C9H4Cl2N2O2. The molecule has 2 heterocycles. The average Bonchev–Trinajstić information content (AvgIpc) is 2.44. The van der Waals surface area contributed by atoms with E-state index < -0.39 is 11.8 Å². The third kappa shape index (κ3) is 1.86. The summed E-state index contributed by atoms with van der Waals surface area (Å²) in [4.78, 5) is 27.3. The third-order valence-electron chi connectivity index (χ3n) is 1.78. The van der Waals surface area contributed by atoms with Gasteiger partial charge in [0.05, 0.1) is 0 Å². The lowest BCUT2D eigenvalue weighted by Crippen LogP contribution is -2.30. The van der Waals surface area contributed by atoms with E-state index in [-0.39, 0.29) is 11.0 Å². The van der Waals surface area contributed by atoms with Crippen molar-refractivity contribution in [1.82, 2.24) is 4.98 Å². The number of pyridine rings is 1. The molecule has 0 spiro atoms. The molecule has 0 saturated carbocycles. The lowest BCUT2D eigenvalue weighted by molar-refractivity contribution is -0.120. The maximum Gasteiger partial charge on any atom is 0.259 e. The number of anilines is 1. The maximum atomic E-state index is 11.3. The first-order chi connectivity index (χ1) is 7.08. The molecule has 1 aromatic heterocycles. The molecule has 0 atom stereocenters. The molecule has 1 aromatic rings. The van der Waals surface area contributed by atoms with E-state index in [9.17, 15) is 9.59 Å². The zero-order valence-electron chi connectivity index (χ0n) is 7.28. The van der Waals surface area contributed by atoms with Gasteiger partial charge >= 0.3 is 0 Å². The highest BCUT2D eigenvalue weighted by atomic mass is 35.5. The molecule has 6 heteroatoms. The van der Waals surface area contributed by atoms with Crippen molar-refractivity contribution in [2.75, 3.05) is 4.90 Å². The van der Waals surface area contributed by atoms with Crippen LogP contribution in [0.25, 0.3) is 0 Å². The second-order valence-corrected chi connectivity index (χ2v) is 3.64. The van der Waals surface area contributed by atoms with E-state index in [4.69, 9.17) is 23.2 Å². The van der Waals surface area contributed by atoms with Gasteiger partial charge in [-0.05, 0) is 6.07 Å². The molecule has 1 aliphatic rings. The Morgan fingerprint density at radius 3 is 2.20 bits per heavy atom. The first kappa shape index (κ1) is 10.1. The van der Waals surface area contributed by atoms with Crippen molar-refractivity contribution in [3.63, 3.8) is 0 Å². The molecule has 0 radical (unpaired) electrons. The van der Waals surface area contributed by atoms with E-state index in [1.807, 2.05) is 0 Å². The van der Waals surface area contributed by atoms with Crippen LogP contribution in [-0.4, -0.2) is 16.8 Å². The predicted octanol–water partition coefficient (Wildman–Crippen LogP) is 1.82. The van der Waals surface area contributed by atoms with E-state index >= 15 is 0 Å². The van der Waals surface area contributed by atoms with Crippen molar-refractivity contribution in [1.29, 1.82) is 0 Å². The van der Waals surface area contributed by atoms with Crippen LogP contribution in [0.1, 0.15) is 0 Å². The molecule has 0 saturated heterocycles. The van der Waals surface area contributed by atoms with Crippen molar-refractivity contribution < 1.29 is 9.59 Å². The lowest BCUT2D eigenvalue weighted by atomic mass is 10.4. The summed E-state index contributed by atoms with van der Waals surface area (Å²) in [6, 6.07) is 2.82. The molecule has 1 aliphatic heterocycles. The monoisotopic (exact) mass is 242 g/mol. The number of amides is 2. The minimum absolute atomic E-state index is 0.130. The quantitative estimate of drug-likeness (QED) is 0.558. The van der Waals surface area contributed by atoms with Crippen molar-refractivity contribution in [3.05, 3.63) is 34.5 Å². The number of rotatable bonds is 1. The second kappa shape index (κ2) is 3.64. The summed E-state index contributed by atoms with van der Waals surface area (Å²) in [5.41, 5.74) is 0. The summed E-state index contributed by atoms with van der Waals surface area (Å²) < 4.78 is 0. The molecule has 0 aromatic carbocycles. The van der Waals surface area contributed by atoms with Crippen molar-refractivity contribution in [2.45, 2.75) is 0 Å². The SMILES string of the molecule is O=C1C=CC(=O)N1c1cc(Cl)cc(Cl)n1. The van der Waals surface area contributed by atoms with Gasteiger partial charge in [0.2, 0.25) is 0 Å². The number of aromatic nitrogens is 1. The van der Waals surface area contributed by atoms with Gasteiger partial charge < -0.3 is 0 Å². The van der Waals surface area contributed by atoms with Gasteiger partial charge in [0, 0.05) is 23.2 Å². The zero-order chi connectivity index (χ0) is 11.0. The Morgan fingerprint density at radius 1 is 1.07 bits per heavy atom. The third-order valence-corrected chi connectivity index (χ3v) is 2.20. The van der Waals surface area contributed by atoms with Gasteiger partial charge in [0.25, 0.3) is 11.8 Å². The summed E-state index contributed by atoms with van der Waals surface area (Å²) in [5.74, 6) is -0.774. The first-order valence-corrected chi connectivity index (χ1v) is 4.73. The van der Waals surface area contributed by atoms with E-state index in [1.165, 1.54) is 24.3 Å². The van der Waals surface area contributed by atoms with Crippen molar-refractivity contribution in [2.24, 2.45) is 0 Å². The largest absolute Gasteiger partial charge is 0.269 e. The zero-order valence-corrected chi connectivity index (χ0v) is 8.79. The Kier molecular flexibility index (Phi) is 2.46. The topological polar surface area (TPSA) is 50.3 Å². The van der Waals surface area contributed by atoms with Gasteiger partial charge in [-0.1, -0.05) is 23.2 Å². The van der Waals surface area contributed by atoms with Crippen LogP contribution in [0, 0.1) is 0 Å². The molecule has 4 nitrogen and oxygen atoms in total. The number of hydrogen-bond acceptors (Lipinski definition) is 3. The highest BCUT2D eigenvalue weighted by Crippen LogP contribution is 2.23. The minimum atomic E-state index is -0.453. The molecule has 0 aliphatic carbocycles. The van der Waals surface area contributed by atoms with Crippen LogP contribution >= 0.6 is 23.2 Å². The fraction of sp³-hybridized carbons (Fsp3) is 0. The van der Waals surface area contributed by atoms with Crippen LogP contribution in [0.2, 0.25) is 10.2 Å². The van der Waals surface area contributed by atoms with Crippen LogP contribution < -0.4 is 4.90 Å². The molecule has 0 bridgehead atoms. The van der Waals surface area contributed by atoms with Crippen LogP contribution in [0.4, 0.5) is 5.82 Å². The van der Waals surface area contributed by atoms with E-state index in [1.54, 1.807) is 0 Å². The lowest BCUT2D eigenvalue weighted by Gasteiger charge is -2.12. The number of carbonyl (C=O) groups is 2. The van der Waals surface area contributed by atoms with Crippen LogP contribution in [0.3, 0.4) is 0 Å². The summed E-state index contributed by atoms with van der Waals surface area (Å²) in [5, 5.41) is 0.447. The summed E-state index contributed by atoms with van der Waals surface area (Å²) in [6.07, 6.45) is 2.33. The molecule has 0 fully saturated rings. The first-order valence-electron chi connectivity index (χ1n) is 3.97. The molecule has 2 rings (SSSR count). The summed E-state index contributed by atoms with van der Waals surface area (Å²) >= 11 is 11.4. The number of imide groups is 1. The Hall–Kier alpha value is -1.39. The van der Waals surface area contributed by atoms with Crippen LogP contribution in [0.5, 0.6) is 0 Å². The Morgan fingerprint density at radius 2 is 1.67 bits per heavy atom. The van der Waals surface area contributed by atoms with Gasteiger partial charge in [-0.2, -0.15) is 0 Å². The molecule has 15 heavy (non-hydrogen) atoms. The van der Waals surface area contributed by atoms with Crippen LogP contribution in [-0.2, 0) is 9.59 Å². The number of carbonyl (C=O) groups excluding carboxylic acids is 2. The molecule has 2 amide bonds. The van der Waals surface area contributed by atoms with E-state index in [0.29, 0.717) is 5.02 Å². The normalized spacial score (nSPS) is 15.2. The summed E-state index contributed by atoms with van der Waals surface area (Å²) in [6.45, 7) is 0. The molecule has 0 N–H and O–H groups in total. The van der Waals surface area contributed by atoms with Gasteiger partial charge in [-0.25, -0.2) is 9.88 Å². The minimum Gasteiger partial charge on any atom is -0.269 e. The molecule has 0 unspecified atom stereocenters. The van der Waals surface area contributed by atoms with E-state index in [0.717, 1.165) is 4.90 Å². The van der Waals surface area contributed by atoms with Gasteiger partial charge in [-0.15, -0.1) is 0 Å². The van der Waals surface area contributed by atoms with Crippen LogP contribution in [0.15, 0.2) is 24.3 Å². The fourth-order valence-corrected chi connectivity index (χ4v) is 1.65. The van der Waals surface area contributed by atoms with Gasteiger partial charge in [0.1, 0.15) is 11.0 Å². The number of nitrogens with zero attached hydrogens (tertiary/aromatic N) is 2. The predicted molar refractivity (Wildman–Crippen MR) is 55.9 cm³/mol. The van der Waals surface area contributed by atoms with Crippen molar-refractivity contribution >= 4 is 40.8 Å². The number of hydrogen-bond donors (Lipinski definition) is 0.